The van der Waals surface area contributed by atoms with Crippen molar-refractivity contribution in [3.05, 3.63) is 18.2 Å². The third kappa shape index (κ3) is 3.45. The number of sulfonamides is 1. The van der Waals surface area contributed by atoms with Crippen LogP contribution in [-0.4, -0.2) is 46.0 Å². The zero-order valence-electron chi connectivity index (χ0n) is 12.0. The van der Waals surface area contributed by atoms with Crippen molar-refractivity contribution in [2.75, 3.05) is 26.4 Å². The average molecular weight is 313 g/mol. The van der Waals surface area contributed by atoms with Gasteiger partial charge in [-0.25, -0.2) is 13.1 Å². The molecule has 3 N–H and O–H groups in total. The number of carbonyl (C=O) groups is 1. The van der Waals surface area contributed by atoms with Crippen LogP contribution in [0.1, 0.15) is 12.8 Å². The van der Waals surface area contributed by atoms with Crippen LogP contribution >= 0.6 is 0 Å². The van der Waals surface area contributed by atoms with Crippen molar-refractivity contribution in [3.63, 3.8) is 0 Å². The van der Waals surface area contributed by atoms with E-state index in [0.717, 1.165) is 0 Å². The van der Waals surface area contributed by atoms with Crippen LogP contribution in [0.4, 0.5) is 5.69 Å². The minimum atomic E-state index is -3.67. The zero-order valence-corrected chi connectivity index (χ0v) is 12.8. The van der Waals surface area contributed by atoms with Gasteiger partial charge in [-0.1, -0.05) is 0 Å². The lowest BCUT2D eigenvalue weighted by atomic mass is 10.1. The van der Waals surface area contributed by atoms with Crippen LogP contribution in [0, 0.1) is 0 Å². The molecule has 0 aliphatic carbocycles. The van der Waals surface area contributed by atoms with E-state index in [0.29, 0.717) is 25.1 Å². The molecule has 1 unspecified atom stereocenters. The monoisotopic (exact) mass is 313 g/mol. The summed E-state index contributed by atoms with van der Waals surface area (Å²) < 4.78 is 32.3. The molecule has 0 spiro atoms. The van der Waals surface area contributed by atoms with Crippen molar-refractivity contribution < 1.29 is 17.9 Å². The molecule has 1 fully saturated rings. The molecule has 116 valence electrons. The maximum Gasteiger partial charge on any atom is 0.240 e. The number of methoxy groups -OCH3 is 1. The number of hydrogen-bond donors (Lipinski definition) is 2. The van der Waals surface area contributed by atoms with Gasteiger partial charge in [0.2, 0.25) is 15.9 Å². The molecule has 1 atom stereocenters. The third-order valence-electron chi connectivity index (χ3n) is 3.46. The number of nitrogens with two attached hydrogens (primary N) is 1. The van der Waals surface area contributed by atoms with Crippen LogP contribution in [0.3, 0.4) is 0 Å². The summed E-state index contributed by atoms with van der Waals surface area (Å²) in [7, 11) is -0.546. The number of anilines is 1. The third-order valence-corrected chi connectivity index (χ3v) is 4.98. The number of piperidine rings is 1. The van der Waals surface area contributed by atoms with Gasteiger partial charge in [0.05, 0.1) is 17.7 Å². The van der Waals surface area contributed by atoms with E-state index in [1.165, 1.54) is 30.2 Å². The Hall–Kier alpha value is -1.80. The maximum atomic E-state index is 12.3. The Morgan fingerprint density at radius 3 is 2.71 bits per heavy atom. The standard InChI is InChI=1S/C13H19N3O4S/c1-16-8-9(3-6-13(16)17)15-21(18,19)10-4-5-12(20-2)11(14)7-10/h4-5,7,9,15H,3,6,8,14H2,1-2H3. The van der Waals surface area contributed by atoms with Crippen LogP contribution in [-0.2, 0) is 14.8 Å². The van der Waals surface area contributed by atoms with E-state index >= 15 is 0 Å². The largest absolute Gasteiger partial charge is 0.495 e. The van der Waals surface area contributed by atoms with E-state index in [1.807, 2.05) is 0 Å². The first-order valence-corrected chi connectivity index (χ1v) is 8.01. The Balaban J connectivity index is 2.15. The first kappa shape index (κ1) is 15.6. The minimum Gasteiger partial charge on any atom is -0.495 e. The second-order valence-corrected chi connectivity index (χ2v) is 6.75. The number of hydrogen-bond acceptors (Lipinski definition) is 5. The Bertz CT molecular complexity index is 645. The predicted molar refractivity (Wildman–Crippen MR) is 78.4 cm³/mol. The summed E-state index contributed by atoms with van der Waals surface area (Å²) in [4.78, 5) is 13.0. The smallest absolute Gasteiger partial charge is 0.240 e. The normalized spacial score (nSPS) is 19.6. The molecular formula is C13H19N3O4S. The van der Waals surface area contributed by atoms with Crippen molar-refractivity contribution in [1.29, 1.82) is 0 Å². The predicted octanol–water partition coefficient (Wildman–Crippen LogP) is 0.177. The van der Waals surface area contributed by atoms with Crippen molar-refractivity contribution in [3.8, 4) is 5.75 Å². The molecule has 1 aromatic rings. The highest BCUT2D eigenvalue weighted by Crippen LogP contribution is 2.24. The first-order valence-electron chi connectivity index (χ1n) is 6.53. The molecule has 7 nitrogen and oxygen atoms in total. The molecule has 0 aromatic heterocycles. The lowest BCUT2D eigenvalue weighted by molar-refractivity contribution is -0.132. The second kappa shape index (κ2) is 5.90. The fraction of sp³-hybridized carbons (Fsp3) is 0.462. The number of nitrogen functional groups attached to an aromatic ring is 1. The Kier molecular flexibility index (Phi) is 4.38. The molecule has 8 heteroatoms. The minimum absolute atomic E-state index is 0.0270. The van der Waals surface area contributed by atoms with Gasteiger partial charge in [0.25, 0.3) is 0 Å². The zero-order chi connectivity index (χ0) is 15.6. The van der Waals surface area contributed by atoms with Crippen LogP contribution in [0.2, 0.25) is 0 Å². The summed E-state index contributed by atoms with van der Waals surface area (Å²) in [6.07, 6.45) is 0.836. The SMILES string of the molecule is COc1ccc(S(=O)(=O)NC2CCC(=O)N(C)C2)cc1N. The van der Waals surface area contributed by atoms with Gasteiger partial charge in [-0.15, -0.1) is 0 Å². The fourth-order valence-electron chi connectivity index (χ4n) is 2.28. The molecule has 21 heavy (non-hydrogen) atoms. The highest BCUT2D eigenvalue weighted by molar-refractivity contribution is 7.89. The summed E-state index contributed by atoms with van der Waals surface area (Å²) in [5.41, 5.74) is 5.99. The van der Waals surface area contributed by atoms with Crippen LogP contribution in [0.5, 0.6) is 5.75 Å². The summed E-state index contributed by atoms with van der Waals surface area (Å²) in [5.74, 6) is 0.455. The first-order chi connectivity index (χ1) is 9.83. The van der Waals surface area contributed by atoms with E-state index in [9.17, 15) is 13.2 Å². The molecule has 0 radical (unpaired) electrons. The molecule has 1 aromatic carbocycles. The quantitative estimate of drug-likeness (QED) is 0.772. The number of rotatable bonds is 4. The molecule has 0 saturated carbocycles. The average Bonchev–Trinajstić information content (AvgIpc) is 2.42. The Labute approximate surface area is 124 Å². The van der Waals surface area contributed by atoms with Crippen LogP contribution in [0.25, 0.3) is 0 Å². The lowest BCUT2D eigenvalue weighted by Crippen LogP contribution is -2.48. The molecule has 1 amide bonds. The van der Waals surface area contributed by atoms with E-state index in [1.54, 1.807) is 7.05 Å². The highest BCUT2D eigenvalue weighted by atomic mass is 32.2. The molecule has 2 rings (SSSR count). The van der Waals surface area contributed by atoms with E-state index in [4.69, 9.17) is 10.5 Å². The van der Waals surface area contributed by atoms with Gasteiger partial charge in [-0.05, 0) is 24.6 Å². The van der Waals surface area contributed by atoms with Crippen molar-refractivity contribution >= 4 is 21.6 Å². The molecule has 1 saturated heterocycles. The van der Waals surface area contributed by atoms with Crippen LogP contribution in [0.15, 0.2) is 23.1 Å². The van der Waals surface area contributed by atoms with Crippen molar-refractivity contribution in [1.82, 2.24) is 9.62 Å². The summed E-state index contributed by atoms with van der Waals surface area (Å²) in [5, 5.41) is 0. The number of benzene rings is 1. The van der Waals surface area contributed by atoms with Crippen molar-refractivity contribution in [2.45, 2.75) is 23.8 Å². The summed E-state index contributed by atoms with van der Waals surface area (Å²) in [6.45, 7) is 0.365. The Morgan fingerprint density at radius 1 is 1.43 bits per heavy atom. The molecule has 1 aliphatic heterocycles. The molecule has 1 heterocycles. The number of carbonyl (C=O) groups excluding carboxylic acids is 1. The Morgan fingerprint density at radius 2 is 2.14 bits per heavy atom. The number of likely N-dealkylation sites (N-methyl/N-ethyl adjacent to an activating group) is 1. The number of likely N-dealkylation sites (tertiary alicyclic amines) is 1. The number of ether oxygens (including phenoxy) is 1. The van der Waals surface area contributed by atoms with Gasteiger partial charge in [-0.2, -0.15) is 0 Å². The highest BCUT2D eigenvalue weighted by Gasteiger charge is 2.27. The number of nitrogens with zero attached hydrogens (tertiary/aromatic N) is 1. The second-order valence-electron chi connectivity index (χ2n) is 5.03. The van der Waals surface area contributed by atoms with Gasteiger partial charge in [0.1, 0.15) is 5.75 Å². The van der Waals surface area contributed by atoms with Crippen molar-refractivity contribution in [2.24, 2.45) is 0 Å². The number of nitrogens with one attached hydrogen (secondary N) is 1. The van der Waals surface area contributed by atoms with Gasteiger partial charge in [0.15, 0.2) is 0 Å². The summed E-state index contributed by atoms with van der Waals surface area (Å²) in [6, 6.07) is 4.02. The van der Waals surface area contributed by atoms with Gasteiger partial charge in [-0.3, -0.25) is 4.79 Å². The van der Waals surface area contributed by atoms with Gasteiger partial charge < -0.3 is 15.4 Å². The molecule has 1 aliphatic rings. The van der Waals surface area contributed by atoms with E-state index < -0.39 is 10.0 Å². The maximum absolute atomic E-state index is 12.3. The van der Waals surface area contributed by atoms with E-state index in [-0.39, 0.29) is 22.5 Å². The van der Waals surface area contributed by atoms with Gasteiger partial charge >= 0.3 is 0 Å². The summed E-state index contributed by atoms with van der Waals surface area (Å²) >= 11 is 0. The topological polar surface area (TPSA) is 102 Å². The lowest BCUT2D eigenvalue weighted by Gasteiger charge is -2.29. The number of amides is 1. The fourth-order valence-corrected chi connectivity index (χ4v) is 3.57. The van der Waals surface area contributed by atoms with E-state index in [2.05, 4.69) is 4.72 Å². The molecule has 0 bridgehead atoms. The van der Waals surface area contributed by atoms with Gasteiger partial charge in [0, 0.05) is 26.1 Å². The van der Waals surface area contributed by atoms with Crippen LogP contribution < -0.4 is 15.2 Å². The molecular weight excluding hydrogens is 294 g/mol.